The Kier molecular flexibility index (Phi) is 7.70. The Bertz CT molecular complexity index is 1140. The molecule has 4 rings (SSSR count). The van der Waals surface area contributed by atoms with Crippen LogP contribution in [-0.4, -0.2) is 31.1 Å². The summed E-state index contributed by atoms with van der Waals surface area (Å²) in [6, 6.07) is 21.0. The first-order valence-electron chi connectivity index (χ1n) is 11.6. The van der Waals surface area contributed by atoms with Gasteiger partial charge in [-0.15, -0.1) is 0 Å². The number of amides is 2. The van der Waals surface area contributed by atoms with Crippen LogP contribution in [0.4, 0.5) is 10.1 Å². The number of carbonyl (C=O) groups excluding carboxylic acids is 2. The lowest BCUT2D eigenvalue weighted by Gasteiger charge is -2.24. The average molecular weight is 461 g/mol. The second-order valence-corrected chi connectivity index (χ2v) is 8.62. The molecular weight excluding hydrogens is 431 g/mol. The minimum atomic E-state index is -0.342. The standard InChI is InChI=1S/C28H29FN2O3/c1-20-6-2-3-10-26(20)28(33)31(19-22-7-4-8-23(29)16-22)24-13-11-21(12-14-24)17-27(32)30-18-25-9-5-15-34-25/h2-4,6-8,10-14,16,25H,5,9,15,17-19H2,1H3,(H,30,32)/t25-/m1/s1. The highest BCUT2D eigenvalue weighted by Crippen LogP contribution is 2.23. The van der Waals surface area contributed by atoms with Gasteiger partial charge in [0, 0.05) is 24.4 Å². The molecule has 3 aromatic carbocycles. The zero-order valence-corrected chi connectivity index (χ0v) is 19.3. The maximum Gasteiger partial charge on any atom is 0.258 e. The first-order chi connectivity index (χ1) is 16.5. The molecule has 0 bridgehead atoms. The Morgan fingerprint density at radius 2 is 1.82 bits per heavy atom. The van der Waals surface area contributed by atoms with Crippen molar-refractivity contribution in [2.24, 2.45) is 0 Å². The molecule has 1 aliphatic rings. The van der Waals surface area contributed by atoms with Crippen LogP contribution in [0.5, 0.6) is 0 Å². The molecule has 1 saturated heterocycles. The van der Waals surface area contributed by atoms with E-state index in [2.05, 4.69) is 5.32 Å². The van der Waals surface area contributed by atoms with E-state index in [0.29, 0.717) is 23.4 Å². The van der Waals surface area contributed by atoms with Crippen molar-refractivity contribution in [3.8, 4) is 0 Å². The third kappa shape index (κ3) is 6.08. The highest BCUT2D eigenvalue weighted by atomic mass is 19.1. The number of anilines is 1. The van der Waals surface area contributed by atoms with E-state index >= 15 is 0 Å². The van der Waals surface area contributed by atoms with Gasteiger partial charge >= 0.3 is 0 Å². The molecule has 1 N–H and O–H groups in total. The van der Waals surface area contributed by atoms with Gasteiger partial charge in [0.25, 0.3) is 5.91 Å². The number of rotatable bonds is 8. The lowest BCUT2D eigenvalue weighted by Crippen LogP contribution is -2.33. The van der Waals surface area contributed by atoms with Gasteiger partial charge in [0.1, 0.15) is 5.82 Å². The molecule has 2 amide bonds. The van der Waals surface area contributed by atoms with E-state index in [1.165, 1.54) is 12.1 Å². The Hall–Kier alpha value is -3.51. The first kappa shape index (κ1) is 23.6. The van der Waals surface area contributed by atoms with Crippen molar-refractivity contribution in [2.75, 3.05) is 18.1 Å². The number of ether oxygens (including phenoxy) is 1. The average Bonchev–Trinajstić information content (AvgIpc) is 3.36. The molecule has 1 aliphatic heterocycles. The lowest BCUT2D eigenvalue weighted by molar-refractivity contribution is -0.120. The second-order valence-electron chi connectivity index (χ2n) is 8.62. The van der Waals surface area contributed by atoms with Gasteiger partial charge in [0.2, 0.25) is 5.91 Å². The first-order valence-corrected chi connectivity index (χ1v) is 11.6. The third-order valence-electron chi connectivity index (χ3n) is 6.01. The zero-order chi connectivity index (χ0) is 23.9. The molecule has 0 unspecified atom stereocenters. The monoisotopic (exact) mass is 460 g/mol. The largest absolute Gasteiger partial charge is 0.376 e. The summed E-state index contributed by atoms with van der Waals surface area (Å²) in [5.41, 5.74) is 3.69. The van der Waals surface area contributed by atoms with Gasteiger partial charge in [-0.1, -0.05) is 42.5 Å². The van der Waals surface area contributed by atoms with E-state index in [0.717, 1.165) is 30.6 Å². The van der Waals surface area contributed by atoms with Gasteiger partial charge < -0.3 is 15.0 Å². The van der Waals surface area contributed by atoms with Crippen molar-refractivity contribution < 1.29 is 18.7 Å². The second kappa shape index (κ2) is 11.1. The predicted octanol–water partition coefficient (Wildman–Crippen LogP) is 4.82. The van der Waals surface area contributed by atoms with Crippen LogP contribution in [0.1, 0.15) is 39.9 Å². The summed E-state index contributed by atoms with van der Waals surface area (Å²) < 4.78 is 19.3. The maximum atomic E-state index is 13.8. The summed E-state index contributed by atoms with van der Waals surface area (Å²) in [4.78, 5) is 27.4. The number of aryl methyl sites for hydroxylation is 1. The highest BCUT2D eigenvalue weighted by molar-refractivity contribution is 6.07. The summed E-state index contributed by atoms with van der Waals surface area (Å²) in [5.74, 6) is -0.564. The van der Waals surface area contributed by atoms with Gasteiger partial charge in [0.05, 0.1) is 19.1 Å². The number of benzene rings is 3. The van der Waals surface area contributed by atoms with E-state index in [1.807, 2.05) is 49.4 Å². The van der Waals surface area contributed by atoms with Crippen LogP contribution in [0, 0.1) is 12.7 Å². The van der Waals surface area contributed by atoms with Gasteiger partial charge in [-0.25, -0.2) is 4.39 Å². The molecule has 34 heavy (non-hydrogen) atoms. The Balaban J connectivity index is 1.50. The third-order valence-corrected chi connectivity index (χ3v) is 6.01. The SMILES string of the molecule is Cc1ccccc1C(=O)N(Cc1cccc(F)c1)c1ccc(CC(=O)NC[C@H]2CCCO2)cc1. The van der Waals surface area contributed by atoms with E-state index < -0.39 is 0 Å². The molecule has 3 aromatic rings. The van der Waals surface area contributed by atoms with E-state index in [1.54, 1.807) is 23.1 Å². The van der Waals surface area contributed by atoms with Crippen molar-refractivity contribution >= 4 is 17.5 Å². The molecule has 0 aliphatic carbocycles. The van der Waals surface area contributed by atoms with Crippen molar-refractivity contribution in [1.29, 1.82) is 0 Å². The minimum Gasteiger partial charge on any atom is -0.376 e. The summed E-state index contributed by atoms with van der Waals surface area (Å²) in [6.45, 7) is 3.41. The molecule has 0 radical (unpaired) electrons. The molecule has 0 spiro atoms. The topological polar surface area (TPSA) is 58.6 Å². The van der Waals surface area contributed by atoms with Crippen LogP contribution in [0.15, 0.2) is 72.8 Å². The summed E-state index contributed by atoms with van der Waals surface area (Å²) in [7, 11) is 0. The fourth-order valence-electron chi connectivity index (χ4n) is 4.13. The molecule has 176 valence electrons. The van der Waals surface area contributed by atoms with Gasteiger partial charge in [-0.3, -0.25) is 9.59 Å². The summed E-state index contributed by atoms with van der Waals surface area (Å²) in [6.07, 6.45) is 2.37. The Morgan fingerprint density at radius 3 is 2.53 bits per heavy atom. The van der Waals surface area contributed by atoms with Crippen LogP contribution in [0.2, 0.25) is 0 Å². The van der Waals surface area contributed by atoms with Crippen molar-refractivity contribution in [3.05, 3.63) is 101 Å². The van der Waals surface area contributed by atoms with Crippen molar-refractivity contribution in [1.82, 2.24) is 5.32 Å². The van der Waals surface area contributed by atoms with Crippen LogP contribution >= 0.6 is 0 Å². The Morgan fingerprint density at radius 1 is 1.03 bits per heavy atom. The number of nitrogens with zero attached hydrogens (tertiary/aromatic N) is 1. The lowest BCUT2D eigenvalue weighted by atomic mass is 10.1. The molecule has 5 nitrogen and oxygen atoms in total. The van der Waals surface area contributed by atoms with Crippen LogP contribution in [0.3, 0.4) is 0 Å². The van der Waals surface area contributed by atoms with E-state index in [4.69, 9.17) is 4.74 Å². The minimum absolute atomic E-state index is 0.0594. The summed E-state index contributed by atoms with van der Waals surface area (Å²) >= 11 is 0. The van der Waals surface area contributed by atoms with Crippen LogP contribution in [-0.2, 0) is 22.5 Å². The molecule has 0 saturated carbocycles. The highest BCUT2D eigenvalue weighted by Gasteiger charge is 2.20. The van der Waals surface area contributed by atoms with Crippen molar-refractivity contribution in [3.63, 3.8) is 0 Å². The number of halogens is 1. The normalized spacial score (nSPS) is 15.2. The van der Waals surface area contributed by atoms with Gasteiger partial charge in [0.15, 0.2) is 0 Å². The Labute approximate surface area is 199 Å². The number of hydrogen-bond donors (Lipinski definition) is 1. The fourth-order valence-corrected chi connectivity index (χ4v) is 4.13. The smallest absolute Gasteiger partial charge is 0.258 e. The molecule has 6 heteroatoms. The number of hydrogen-bond acceptors (Lipinski definition) is 3. The molecule has 1 fully saturated rings. The molecule has 0 aromatic heterocycles. The number of nitrogens with one attached hydrogen (secondary N) is 1. The predicted molar refractivity (Wildman–Crippen MR) is 130 cm³/mol. The fraction of sp³-hybridized carbons (Fsp3) is 0.286. The van der Waals surface area contributed by atoms with E-state index in [-0.39, 0.29) is 36.7 Å². The van der Waals surface area contributed by atoms with Crippen LogP contribution < -0.4 is 10.2 Å². The quantitative estimate of drug-likeness (QED) is 0.524. The summed E-state index contributed by atoms with van der Waals surface area (Å²) in [5, 5.41) is 2.93. The molecule has 1 heterocycles. The molecular formula is C28H29FN2O3. The maximum absolute atomic E-state index is 13.8. The van der Waals surface area contributed by atoms with Crippen LogP contribution in [0.25, 0.3) is 0 Å². The van der Waals surface area contributed by atoms with Gasteiger partial charge in [-0.05, 0) is 66.8 Å². The van der Waals surface area contributed by atoms with E-state index in [9.17, 15) is 14.0 Å². The molecule has 1 atom stereocenters. The van der Waals surface area contributed by atoms with Gasteiger partial charge in [-0.2, -0.15) is 0 Å². The zero-order valence-electron chi connectivity index (χ0n) is 19.3. The number of carbonyl (C=O) groups is 2. The van der Waals surface area contributed by atoms with Crippen molar-refractivity contribution in [2.45, 2.75) is 38.8 Å².